The van der Waals surface area contributed by atoms with E-state index in [1.165, 1.54) is 35.6 Å². The number of anilines is 2. The number of sulfonamides is 2. The molecule has 0 aliphatic carbocycles. The zero-order valence-electron chi connectivity index (χ0n) is 13.3. The standard InChI is InChI=1S/C15H15N3O4S3/c1-10-16-14-8-5-12(9-15(14)23-10)18-25(21,22)13-6-3-11(4-7-13)17-24(2,19)20/h3-9,17-18H,1-2H3. The van der Waals surface area contributed by atoms with Crippen LogP contribution in [-0.2, 0) is 20.0 Å². The lowest BCUT2D eigenvalue weighted by Gasteiger charge is -2.09. The van der Waals surface area contributed by atoms with Crippen LogP contribution in [0.15, 0.2) is 47.4 Å². The van der Waals surface area contributed by atoms with Crippen molar-refractivity contribution in [1.29, 1.82) is 0 Å². The number of hydrogen-bond acceptors (Lipinski definition) is 6. The molecule has 0 aliphatic rings. The van der Waals surface area contributed by atoms with Gasteiger partial charge in [-0.25, -0.2) is 21.8 Å². The zero-order valence-corrected chi connectivity index (χ0v) is 15.8. The van der Waals surface area contributed by atoms with E-state index in [2.05, 4.69) is 14.4 Å². The maximum atomic E-state index is 12.5. The molecule has 2 aromatic carbocycles. The number of fused-ring (bicyclic) bond motifs is 1. The van der Waals surface area contributed by atoms with E-state index in [1.807, 2.05) is 6.92 Å². The van der Waals surface area contributed by atoms with E-state index in [4.69, 9.17) is 0 Å². The van der Waals surface area contributed by atoms with Crippen LogP contribution in [0.25, 0.3) is 10.2 Å². The van der Waals surface area contributed by atoms with Crippen molar-refractivity contribution in [1.82, 2.24) is 4.98 Å². The predicted octanol–water partition coefficient (Wildman–Crippen LogP) is 2.78. The Morgan fingerprint density at radius 1 is 0.920 bits per heavy atom. The first-order valence-electron chi connectivity index (χ1n) is 7.10. The summed E-state index contributed by atoms with van der Waals surface area (Å²) in [4.78, 5) is 4.37. The lowest BCUT2D eigenvalue weighted by atomic mass is 10.3. The summed E-state index contributed by atoms with van der Waals surface area (Å²) >= 11 is 1.48. The lowest BCUT2D eigenvalue weighted by Crippen LogP contribution is -2.13. The summed E-state index contributed by atoms with van der Waals surface area (Å²) in [6, 6.07) is 10.6. The maximum absolute atomic E-state index is 12.5. The maximum Gasteiger partial charge on any atom is 0.261 e. The van der Waals surface area contributed by atoms with E-state index >= 15 is 0 Å². The Kier molecular flexibility index (Phi) is 4.43. The summed E-state index contributed by atoms with van der Waals surface area (Å²) in [6.07, 6.45) is 1.02. The molecule has 25 heavy (non-hydrogen) atoms. The number of aryl methyl sites for hydroxylation is 1. The molecule has 0 saturated heterocycles. The van der Waals surface area contributed by atoms with Crippen LogP contribution in [0.2, 0.25) is 0 Å². The van der Waals surface area contributed by atoms with Crippen LogP contribution >= 0.6 is 11.3 Å². The molecule has 0 aliphatic heterocycles. The highest BCUT2D eigenvalue weighted by molar-refractivity contribution is 7.92. The fraction of sp³-hybridized carbons (Fsp3) is 0.133. The average Bonchev–Trinajstić information content (AvgIpc) is 2.85. The summed E-state index contributed by atoms with van der Waals surface area (Å²) in [6.45, 7) is 1.89. The van der Waals surface area contributed by atoms with E-state index < -0.39 is 20.0 Å². The number of rotatable bonds is 5. The Hall–Kier alpha value is -2.17. The predicted molar refractivity (Wildman–Crippen MR) is 100 cm³/mol. The second kappa shape index (κ2) is 6.28. The minimum atomic E-state index is -3.78. The molecule has 1 heterocycles. The van der Waals surface area contributed by atoms with Crippen molar-refractivity contribution in [3.05, 3.63) is 47.5 Å². The number of benzene rings is 2. The average molecular weight is 398 g/mol. The summed E-state index contributed by atoms with van der Waals surface area (Å²) in [5.41, 5.74) is 1.55. The molecular weight excluding hydrogens is 382 g/mol. The first kappa shape index (κ1) is 17.6. The third-order valence-electron chi connectivity index (χ3n) is 3.22. The molecule has 1 aromatic heterocycles. The molecular formula is C15H15N3O4S3. The second-order valence-electron chi connectivity index (χ2n) is 5.42. The van der Waals surface area contributed by atoms with Gasteiger partial charge in [-0.05, 0) is 49.4 Å². The first-order chi connectivity index (χ1) is 11.6. The zero-order chi connectivity index (χ0) is 18.2. The highest BCUT2D eigenvalue weighted by atomic mass is 32.2. The Labute approximate surface area is 149 Å². The van der Waals surface area contributed by atoms with Crippen LogP contribution in [0.5, 0.6) is 0 Å². The Balaban J connectivity index is 1.85. The normalized spacial score (nSPS) is 12.2. The summed E-state index contributed by atoms with van der Waals surface area (Å²) < 4.78 is 53.0. The van der Waals surface area contributed by atoms with Crippen LogP contribution in [0.3, 0.4) is 0 Å². The topological polar surface area (TPSA) is 105 Å². The van der Waals surface area contributed by atoms with E-state index in [0.29, 0.717) is 11.4 Å². The molecule has 0 radical (unpaired) electrons. The number of thiazole rings is 1. The minimum Gasteiger partial charge on any atom is -0.284 e. The van der Waals surface area contributed by atoms with Crippen molar-refractivity contribution < 1.29 is 16.8 Å². The van der Waals surface area contributed by atoms with Gasteiger partial charge in [0.25, 0.3) is 10.0 Å². The van der Waals surface area contributed by atoms with E-state index in [1.54, 1.807) is 18.2 Å². The SMILES string of the molecule is Cc1nc2ccc(NS(=O)(=O)c3ccc(NS(C)(=O)=O)cc3)cc2s1. The van der Waals surface area contributed by atoms with Crippen molar-refractivity contribution in [3.8, 4) is 0 Å². The first-order valence-corrected chi connectivity index (χ1v) is 11.3. The molecule has 0 atom stereocenters. The smallest absolute Gasteiger partial charge is 0.261 e. The van der Waals surface area contributed by atoms with Crippen LogP contribution in [0, 0.1) is 6.92 Å². The minimum absolute atomic E-state index is 0.0344. The van der Waals surface area contributed by atoms with Crippen molar-refractivity contribution in [2.45, 2.75) is 11.8 Å². The molecule has 0 unspecified atom stereocenters. The van der Waals surface area contributed by atoms with Crippen molar-refractivity contribution >= 4 is 53.0 Å². The fourth-order valence-corrected chi connectivity index (χ4v) is 4.71. The number of aromatic nitrogens is 1. The van der Waals surface area contributed by atoms with Gasteiger partial charge >= 0.3 is 0 Å². The molecule has 0 amide bonds. The third kappa shape index (κ3) is 4.27. The number of nitrogens with zero attached hydrogens (tertiary/aromatic N) is 1. The lowest BCUT2D eigenvalue weighted by molar-refractivity contribution is 0.601. The number of nitrogens with one attached hydrogen (secondary N) is 2. The molecule has 2 N–H and O–H groups in total. The Morgan fingerprint density at radius 2 is 1.56 bits per heavy atom. The summed E-state index contributed by atoms with van der Waals surface area (Å²) in [5, 5.41) is 0.906. The van der Waals surface area contributed by atoms with Crippen molar-refractivity contribution in [3.63, 3.8) is 0 Å². The van der Waals surface area contributed by atoms with Gasteiger partial charge in [-0.3, -0.25) is 9.44 Å². The Bertz CT molecular complexity index is 1130. The van der Waals surface area contributed by atoms with E-state index in [-0.39, 0.29) is 4.90 Å². The van der Waals surface area contributed by atoms with Crippen LogP contribution < -0.4 is 9.44 Å². The fourth-order valence-electron chi connectivity index (χ4n) is 2.23. The monoisotopic (exact) mass is 397 g/mol. The summed E-state index contributed by atoms with van der Waals surface area (Å²) in [7, 11) is -7.19. The Morgan fingerprint density at radius 3 is 2.20 bits per heavy atom. The van der Waals surface area contributed by atoms with E-state index in [9.17, 15) is 16.8 Å². The van der Waals surface area contributed by atoms with Crippen LogP contribution in [0.4, 0.5) is 11.4 Å². The van der Waals surface area contributed by atoms with Gasteiger partial charge in [0, 0.05) is 5.69 Å². The van der Waals surface area contributed by atoms with Crippen LogP contribution in [-0.4, -0.2) is 28.1 Å². The largest absolute Gasteiger partial charge is 0.284 e. The van der Waals surface area contributed by atoms with Gasteiger partial charge in [0.15, 0.2) is 0 Å². The number of hydrogen-bond donors (Lipinski definition) is 2. The van der Waals surface area contributed by atoms with Gasteiger partial charge in [0.05, 0.1) is 32.1 Å². The molecule has 3 aromatic rings. The van der Waals surface area contributed by atoms with Gasteiger partial charge in [-0.1, -0.05) is 0 Å². The molecule has 0 spiro atoms. The van der Waals surface area contributed by atoms with E-state index in [0.717, 1.165) is 21.5 Å². The third-order valence-corrected chi connectivity index (χ3v) is 6.15. The van der Waals surface area contributed by atoms with Crippen molar-refractivity contribution in [2.75, 3.05) is 15.7 Å². The van der Waals surface area contributed by atoms with Gasteiger partial charge in [-0.2, -0.15) is 0 Å². The molecule has 0 saturated carbocycles. The molecule has 132 valence electrons. The van der Waals surface area contributed by atoms with Crippen LogP contribution in [0.1, 0.15) is 5.01 Å². The molecule has 10 heteroatoms. The molecule has 7 nitrogen and oxygen atoms in total. The van der Waals surface area contributed by atoms with Gasteiger partial charge in [0.2, 0.25) is 10.0 Å². The quantitative estimate of drug-likeness (QED) is 0.689. The molecule has 0 bridgehead atoms. The highest BCUT2D eigenvalue weighted by Crippen LogP contribution is 2.26. The van der Waals surface area contributed by atoms with Gasteiger partial charge < -0.3 is 0 Å². The second-order valence-corrected chi connectivity index (χ2v) is 10.1. The van der Waals surface area contributed by atoms with Gasteiger partial charge in [0.1, 0.15) is 0 Å². The molecule has 0 fully saturated rings. The molecule has 3 rings (SSSR count). The van der Waals surface area contributed by atoms with Gasteiger partial charge in [-0.15, -0.1) is 11.3 Å². The summed E-state index contributed by atoms with van der Waals surface area (Å²) in [5.74, 6) is 0. The highest BCUT2D eigenvalue weighted by Gasteiger charge is 2.15. The van der Waals surface area contributed by atoms with Crippen molar-refractivity contribution in [2.24, 2.45) is 0 Å².